The fraction of sp³-hybridized carbons (Fsp3) is 0.667. The molecule has 2 atom stereocenters. The van der Waals surface area contributed by atoms with Crippen LogP contribution >= 0.6 is 11.6 Å². The monoisotopic (exact) mass is 295 g/mol. The summed E-state index contributed by atoms with van der Waals surface area (Å²) in [4.78, 5) is 6.64. The number of nitrogens with two attached hydrogens (primary N) is 1. The Balaban J connectivity index is 1.83. The second-order valence-corrected chi connectivity index (χ2v) is 6.43. The first-order chi connectivity index (χ1) is 9.64. The summed E-state index contributed by atoms with van der Waals surface area (Å²) in [6.45, 7) is 2.08. The Morgan fingerprint density at radius 2 is 2.30 bits per heavy atom. The molecule has 3 rings (SSSR count). The van der Waals surface area contributed by atoms with E-state index in [0.29, 0.717) is 17.5 Å². The summed E-state index contributed by atoms with van der Waals surface area (Å²) in [6.07, 6.45) is 6.98. The van der Waals surface area contributed by atoms with Crippen molar-refractivity contribution in [2.24, 2.45) is 11.7 Å². The van der Waals surface area contributed by atoms with Gasteiger partial charge in [0.05, 0.1) is 10.6 Å². The third-order valence-corrected chi connectivity index (χ3v) is 5.31. The number of fused-ring (bicyclic) bond motifs is 1. The van der Waals surface area contributed by atoms with Gasteiger partial charge in [-0.15, -0.1) is 0 Å². The molecule has 110 valence electrons. The number of hydrogen-bond donors (Lipinski definition) is 2. The van der Waals surface area contributed by atoms with Crippen LogP contribution in [0.25, 0.3) is 0 Å². The molecule has 1 aliphatic carbocycles. The molecule has 3 N–H and O–H groups in total. The number of nitrogens with zero attached hydrogens (tertiary/aromatic N) is 2. The van der Waals surface area contributed by atoms with Crippen LogP contribution in [-0.4, -0.2) is 28.8 Å². The maximum Gasteiger partial charge on any atom is 0.147 e. The average Bonchev–Trinajstić information content (AvgIpc) is 2.47. The van der Waals surface area contributed by atoms with Gasteiger partial charge in [-0.25, -0.2) is 4.98 Å². The van der Waals surface area contributed by atoms with Crippen molar-refractivity contribution in [3.8, 4) is 0 Å². The minimum atomic E-state index is -0.466. The lowest BCUT2D eigenvalue weighted by atomic mass is 9.71. The van der Waals surface area contributed by atoms with Gasteiger partial charge >= 0.3 is 0 Å². The van der Waals surface area contributed by atoms with Gasteiger partial charge in [-0.1, -0.05) is 24.4 Å². The average molecular weight is 296 g/mol. The highest BCUT2D eigenvalue weighted by molar-refractivity contribution is 6.33. The Hall–Kier alpha value is -0.840. The van der Waals surface area contributed by atoms with Crippen LogP contribution in [0.3, 0.4) is 0 Å². The molecule has 5 heteroatoms. The number of pyridine rings is 1. The topological polar surface area (TPSA) is 62.4 Å². The van der Waals surface area contributed by atoms with E-state index in [1.165, 1.54) is 6.42 Å². The second-order valence-electron chi connectivity index (χ2n) is 6.05. The first-order valence-corrected chi connectivity index (χ1v) is 7.82. The SMILES string of the molecule is NCc1ccnc(N2CCC3(O)CCCCC3C2)c1Cl. The van der Waals surface area contributed by atoms with Crippen LogP contribution in [-0.2, 0) is 6.54 Å². The van der Waals surface area contributed by atoms with Gasteiger partial charge in [-0.2, -0.15) is 0 Å². The predicted octanol–water partition coefficient (Wildman–Crippen LogP) is 2.33. The molecule has 0 aromatic carbocycles. The van der Waals surface area contributed by atoms with Gasteiger partial charge in [0.15, 0.2) is 0 Å². The van der Waals surface area contributed by atoms with Crippen molar-refractivity contribution in [1.82, 2.24) is 4.98 Å². The van der Waals surface area contributed by atoms with E-state index < -0.39 is 5.60 Å². The summed E-state index contributed by atoms with van der Waals surface area (Å²) in [5, 5.41) is 11.4. The van der Waals surface area contributed by atoms with Crippen molar-refractivity contribution in [2.75, 3.05) is 18.0 Å². The summed E-state index contributed by atoms with van der Waals surface area (Å²) in [5.41, 5.74) is 6.17. The van der Waals surface area contributed by atoms with Crippen molar-refractivity contribution in [1.29, 1.82) is 0 Å². The quantitative estimate of drug-likeness (QED) is 0.879. The fourth-order valence-corrected chi connectivity index (χ4v) is 3.92. The summed E-state index contributed by atoms with van der Waals surface area (Å²) in [7, 11) is 0. The Kier molecular flexibility index (Phi) is 3.89. The molecule has 0 spiro atoms. The highest BCUT2D eigenvalue weighted by Gasteiger charge is 2.43. The Morgan fingerprint density at radius 1 is 1.45 bits per heavy atom. The van der Waals surface area contributed by atoms with Crippen molar-refractivity contribution in [3.05, 3.63) is 22.8 Å². The molecule has 2 unspecified atom stereocenters. The van der Waals surface area contributed by atoms with Gasteiger partial charge in [-0.3, -0.25) is 0 Å². The van der Waals surface area contributed by atoms with E-state index in [1.54, 1.807) is 6.20 Å². The van der Waals surface area contributed by atoms with Crippen LogP contribution in [0.4, 0.5) is 5.82 Å². The van der Waals surface area contributed by atoms with E-state index in [9.17, 15) is 5.11 Å². The molecule has 1 saturated carbocycles. The predicted molar refractivity (Wildman–Crippen MR) is 80.9 cm³/mol. The minimum absolute atomic E-state index is 0.337. The lowest BCUT2D eigenvalue weighted by Crippen LogP contribution is -2.53. The maximum atomic E-state index is 10.7. The zero-order chi connectivity index (χ0) is 14.2. The first kappa shape index (κ1) is 14.1. The number of rotatable bonds is 2. The summed E-state index contributed by atoms with van der Waals surface area (Å²) >= 11 is 6.41. The van der Waals surface area contributed by atoms with E-state index >= 15 is 0 Å². The van der Waals surface area contributed by atoms with Crippen molar-refractivity contribution in [2.45, 2.75) is 44.2 Å². The van der Waals surface area contributed by atoms with Crippen LogP contribution in [0.5, 0.6) is 0 Å². The first-order valence-electron chi connectivity index (χ1n) is 7.45. The van der Waals surface area contributed by atoms with Crippen LogP contribution in [0, 0.1) is 5.92 Å². The van der Waals surface area contributed by atoms with E-state index in [2.05, 4.69) is 9.88 Å². The molecule has 4 nitrogen and oxygen atoms in total. The van der Waals surface area contributed by atoms with Gasteiger partial charge in [0.25, 0.3) is 0 Å². The van der Waals surface area contributed by atoms with E-state index in [-0.39, 0.29) is 0 Å². The van der Waals surface area contributed by atoms with Gasteiger partial charge in [0.1, 0.15) is 5.82 Å². The van der Waals surface area contributed by atoms with Crippen molar-refractivity contribution in [3.63, 3.8) is 0 Å². The zero-order valence-corrected chi connectivity index (χ0v) is 12.4. The van der Waals surface area contributed by atoms with Crippen LogP contribution in [0.15, 0.2) is 12.3 Å². The van der Waals surface area contributed by atoms with E-state index in [0.717, 1.165) is 50.2 Å². The van der Waals surface area contributed by atoms with Gasteiger partial charge in [0.2, 0.25) is 0 Å². The standard InChI is InChI=1S/C15H22ClN3O/c16-13-11(9-17)4-7-18-14(13)19-8-6-15(20)5-2-1-3-12(15)10-19/h4,7,12,20H,1-3,5-6,8-10,17H2. The minimum Gasteiger partial charge on any atom is -0.389 e. The smallest absolute Gasteiger partial charge is 0.147 e. The summed E-state index contributed by atoms with van der Waals surface area (Å²) in [5.74, 6) is 1.16. The Bertz CT molecular complexity index is 496. The lowest BCUT2D eigenvalue weighted by molar-refractivity contribution is -0.0613. The second kappa shape index (κ2) is 5.51. The third kappa shape index (κ3) is 2.41. The third-order valence-electron chi connectivity index (χ3n) is 4.90. The van der Waals surface area contributed by atoms with Crippen molar-refractivity contribution >= 4 is 17.4 Å². The molecule has 1 aromatic rings. The highest BCUT2D eigenvalue weighted by Crippen LogP contribution is 2.41. The van der Waals surface area contributed by atoms with Gasteiger partial charge < -0.3 is 15.7 Å². The molecule has 2 heterocycles. The van der Waals surface area contributed by atoms with E-state index in [1.807, 2.05) is 6.07 Å². The maximum absolute atomic E-state index is 10.7. The molecule has 2 aliphatic rings. The number of aliphatic hydroxyl groups is 1. The Labute approximate surface area is 124 Å². The lowest BCUT2D eigenvalue weighted by Gasteiger charge is -2.47. The molecule has 1 aliphatic heterocycles. The zero-order valence-electron chi connectivity index (χ0n) is 11.7. The molecule has 1 saturated heterocycles. The largest absolute Gasteiger partial charge is 0.389 e. The molecule has 2 fully saturated rings. The molecular formula is C15H22ClN3O. The normalized spacial score (nSPS) is 30.1. The number of halogens is 1. The fourth-order valence-electron chi connectivity index (χ4n) is 3.61. The van der Waals surface area contributed by atoms with Gasteiger partial charge in [0, 0.05) is 31.7 Å². The van der Waals surface area contributed by atoms with Crippen LogP contribution in [0.1, 0.15) is 37.7 Å². The molecule has 20 heavy (non-hydrogen) atoms. The number of piperidine rings is 1. The number of hydrogen-bond acceptors (Lipinski definition) is 4. The molecular weight excluding hydrogens is 274 g/mol. The highest BCUT2D eigenvalue weighted by atomic mass is 35.5. The molecule has 0 bridgehead atoms. The number of anilines is 1. The van der Waals surface area contributed by atoms with Gasteiger partial charge in [-0.05, 0) is 30.9 Å². The van der Waals surface area contributed by atoms with Crippen LogP contribution < -0.4 is 10.6 Å². The number of aromatic nitrogens is 1. The molecule has 1 aromatic heterocycles. The molecule has 0 radical (unpaired) electrons. The molecule has 0 amide bonds. The van der Waals surface area contributed by atoms with Crippen molar-refractivity contribution < 1.29 is 5.11 Å². The van der Waals surface area contributed by atoms with E-state index in [4.69, 9.17) is 17.3 Å². The van der Waals surface area contributed by atoms with Crippen LogP contribution in [0.2, 0.25) is 5.02 Å². The summed E-state index contributed by atoms with van der Waals surface area (Å²) in [6, 6.07) is 1.87. The summed E-state index contributed by atoms with van der Waals surface area (Å²) < 4.78 is 0. The Morgan fingerprint density at radius 3 is 3.10 bits per heavy atom.